The van der Waals surface area contributed by atoms with E-state index < -0.39 is 35.5 Å². The van der Waals surface area contributed by atoms with Crippen LogP contribution >= 0.6 is 0 Å². The fourth-order valence-electron chi connectivity index (χ4n) is 6.56. The van der Waals surface area contributed by atoms with Gasteiger partial charge in [-0.05, 0) is 84.8 Å². The number of nitrogens with one attached hydrogen (secondary N) is 1. The summed E-state index contributed by atoms with van der Waals surface area (Å²) >= 11 is 0. The van der Waals surface area contributed by atoms with Gasteiger partial charge >= 0.3 is 12.1 Å². The van der Waals surface area contributed by atoms with Crippen molar-refractivity contribution in [2.24, 2.45) is 5.11 Å². The molecular weight excluding hydrogens is 809 g/mol. The van der Waals surface area contributed by atoms with Gasteiger partial charge in [0, 0.05) is 43.0 Å². The number of aryl methyl sites for hydroxylation is 1. The van der Waals surface area contributed by atoms with Crippen LogP contribution in [0.2, 0.25) is 0 Å². The summed E-state index contributed by atoms with van der Waals surface area (Å²) in [6.07, 6.45) is 1.11. The lowest BCUT2D eigenvalue weighted by Crippen LogP contribution is -2.45. The Kier molecular flexibility index (Phi) is 21.0. The predicted molar refractivity (Wildman–Crippen MR) is 239 cm³/mol. The molecule has 0 fully saturated rings. The fraction of sp³-hybridized carbons (Fsp3) is 0.468. The van der Waals surface area contributed by atoms with E-state index in [0.29, 0.717) is 38.9 Å². The lowest BCUT2D eigenvalue weighted by Gasteiger charge is -2.27. The largest absolute Gasteiger partial charge is 0.469 e. The number of hydrogen-bond donors (Lipinski definition) is 1. The quantitative estimate of drug-likeness (QED) is 0.0201. The van der Waals surface area contributed by atoms with Crippen LogP contribution in [0.3, 0.4) is 0 Å². The van der Waals surface area contributed by atoms with Crippen LogP contribution in [0.25, 0.3) is 32.3 Å². The van der Waals surface area contributed by atoms with Crippen molar-refractivity contribution in [2.75, 3.05) is 78.0 Å². The van der Waals surface area contributed by atoms with E-state index in [1.165, 1.54) is 12.0 Å². The average molecular weight is 869 g/mol. The zero-order chi connectivity index (χ0) is 45.5. The van der Waals surface area contributed by atoms with E-state index in [1.54, 1.807) is 33.0 Å². The number of azide groups is 1. The van der Waals surface area contributed by atoms with Crippen molar-refractivity contribution in [1.82, 2.24) is 10.3 Å². The first-order valence-corrected chi connectivity index (χ1v) is 21.1. The molecule has 2 amide bonds. The number of Topliss-reactive ketones (excluding diaryl/α,β-unsaturated/α-hetero) is 1. The van der Waals surface area contributed by atoms with E-state index >= 15 is 0 Å². The molecule has 0 aliphatic rings. The monoisotopic (exact) mass is 868 g/mol. The van der Waals surface area contributed by atoms with Crippen molar-refractivity contribution < 1.29 is 47.6 Å². The molecule has 16 nitrogen and oxygen atoms in total. The minimum Gasteiger partial charge on any atom is -0.469 e. The summed E-state index contributed by atoms with van der Waals surface area (Å²) in [5.41, 5.74) is 11.3. The average Bonchev–Trinajstić information content (AvgIpc) is 3.26. The lowest BCUT2D eigenvalue weighted by molar-refractivity contribution is -0.141. The Morgan fingerprint density at radius 2 is 1.51 bits per heavy atom. The molecule has 0 unspecified atom stereocenters. The number of pyridine rings is 1. The molecule has 1 N–H and O–H groups in total. The summed E-state index contributed by atoms with van der Waals surface area (Å²) in [5, 5.41) is 8.47. The first-order chi connectivity index (χ1) is 30.4. The summed E-state index contributed by atoms with van der Waals surface area (Å²) in [5.74, 6) is -1.37. The van der Waals surface area contributed by atoms with E-state index in [-0.39, 0.29) is 64.4 Å². The molecule has 16 heteroatoms. The van der Waals surface area contributed by atoms with E-state index in [0.717, 1.165) is 33.0 Å². The molecule has 1 heterocycles. The Labute approximate surface area is 369 Å². The number of carbonyl (C=O) groups excluding carboxylic acids is 4. The van der Waals surface area contributed by atoms with Crippen molar-refractivity contribution in [2.45, 2.75) is 70.9 Å². The third-order valence-electron chi connectivity index (χ3n) is 9.67. The number of methoxy groups -OCH3 is 1. The molecule has 0 aliphatic heterocycles. The minimum absolute atomic E-state index is 0.0158. The zero-order valence-electron chi connectivity index (χ0n) is 37.0. The standard InChI is InChI=1S/C47H60N6O10/c1-34-19-20-49-43(30-34)53(46(57)63-47(2,3)4)22-9-14-44(55)51-41(33-62-29-28-61-27-26-60-25-24-59-23-21-50-52-48)42(54)31-38(32-45(56)58-5)35-15-17-37(18-16-35)40-13-8-11-36-10-6-7-12-39(36)40/h6-8,10-13,15-20,30,38,41H,9,14,21-29,31-33H2,1-5H3,(H,51,55)/t38-,41-/m0/s1. The highest BCUT2D eigenvalue weighted by molar-refractivity contribution is 5.96. The van der Waals surface area contributed by atoms with Gasteiger partial charge in [-0.2, -0.15) is 0 Å². The molecule has 0 spiro atoms. The second kappa shape index (κ2) is 26.5. The number of rotatable bonds is 27. The third kappa shape index (κ3) is 17.8. The minimum atomic E-state index is -1.05. The van der Waals surface area contributed by atoms with Crippen LogP contribution < -0.4 is 10.2 Å². The molecular formula is C47H60N6O10. The number of aromatic nitrogens is 1. The second-order valence-electron chi connectivity index (χ2n) is 15.7. The number of ketones is 1. The summed E-state index contributed by atoms with van der Waals surface area (Å²) in [6, 6.07) is 24.6. The normalized spacial score (nSPS) is 12.2. The summed E-state index contributed by atoms with van der Waals surface area (Å²) < 4.78 is 32.9. The van der Waals surface area contributed by atoms with Crippen LogP contribution in [0.5, 0.6) is 0 Å². The molecule has 0 aliphatic carbocycles. The van der Waals surface area contributed by atoms with Gasteiger partial charge in [0.2, 0.25) is 5.91 Å². The molecule has 4 rings (SSSR count). The van der Waals surface area contributed by atoms with E-state index in [4.69, 9.17) is 34.0 Å². The Hall–Kier alpha value is -5.90. The predicted octanol–water partition coefficient (Wildman–Crippen LogP) is 7.90. The molecule has 4 aromatic rings. The number of anilines is 1. The molecule has 0 saturated carbocycles. The van der Waals surface area contributed by atoms with Crippen LogP contribution in [-0.2, 0) is 42.8 Å². The smallest absolute Gasteiger partial charge is 0.416 e. The third-order valence-corrected chi connectivity index (χ3v) is 9.67. The number of carbonyl (C=O) groups is 4. The van der Waals surface area contributed by atoms with Crippen molar-refractivity contribution in [1.29, 1.82) is 0 Å². The maximum absolute atomic E-state index is 14.1. The van der Waals surface area contributed by atoms with E-state index in [1.807, 2.05) is 55.5 Å². The fourth-order valence-corrected chi connectivity index (χ4v) is 6.56. The van der Waals surface area contributed by atoms with Crippen molar-refractivity contribution in [3.63, 3.8) is 0 Å². The number of nitrogens with zero attached hydrogens (tertiary/aromatic N) is 5. The SMILES string of the molecule is COC(=O)C[C@H](CC(=O)[C@H](COCCOCCOCCOCCN=[N+]=[N-])NC(=O)CCCN(C(=O)OC(C)(C)C)c1cc(C)ccn1)c1ccc(-c2cccc3ccccc23)cc1. The van der Waals surface area contributed by atoms with Gasteiger partial charge in [-0.1, -0.05) is 71.8 Å². The van der Waals surface area contributed by atoms with Gasteiger partial charge in [0.15, 0.2) is 5.78 Å². The first kappa shape index (κ1) is 49.8. The van der Waals surface area contributed by atoms with Gasteiger partial charge in [0.1, 0.15) is 17.5 Å². The Morgan fingerprint density at radius 3 is 2.17 bits per heavy atom. The molecule has 3 aromatic carbocycles. The highest BCUT2D eigenvalue weighted by atomic mass is 16.6. The zero-order valence-corrected chi connectivity index (χ0v) is 37.0. The van der Waals surface area contributed by atoms with Crippen LogP contribution in [0.1, 0.15) is 63.5 Å². The van der Waals surface area contributed by atoms with Crippen molar-refractivity contribution in [3.8, 4) is 11.1 Å². The number of fused-ring (bicyclic) bond motifs is 1. The molecule has 2 atom stereocenters. The Morgan fingerprint density at radius 1 is 0.841 bits per heavy atom. The van der Waals surface area contributed by atoms with Gasteiger partial charge in [0.05, 0.1) is 66.4 Å². The molecule has 0 bridgehead atoms. The molecule has 63 heavy (non-hydrogen) atoms. The number of esters is 1. The van der Waals surface area contributed by atoms with Crippen LogP contribution in [-0.4, -0.2) is 113 Å². The Balaban J connectivity index is 1.41. The summed E-state index contributed by atoms with van der Waals surface area (Å²) in [6.45, 7) is 9.45. The number of benzene rings is 3. The molecule has 0 saturated heterocycles. The number of amides is 2. The summed E-state index contributed by atoms with van der Waals surface area (Å²) in [4.78, 5) is 62.0. The lowest BCUT2D eigenvalue weighted by atomic mass is 9.87. The van der Waals surface area contributed by atoms with Crippen LogP contribution in [0, 0.1) is 6.92 Å². The van der Waals surface area contributed by atoms with Crippen molar-refractivity contribution in [3.05, 3.63) is 107 Å². The number of ether oxygens (including phenoxy) is 6. The second-order valence-corrected chi connectivity index (χ2v) is 15.7. The maximum atomic E-state index is 14.1. The molecule has 338 valence electrons. The number of hydrogen-bond acceptors (Lipinski definition) is 12. The molecule has 0 radical (unpaired) electrons. The van der Waals surface area contributed by atoms with Gasteiger partial charge in [-0.25, -0.2) is 9.78 Å². The highest BCUT2D eigenvalue weighted by Gasteiger charge is 2.28. The van der Waals surface area contributed by atoms with Gasteiger partial charge < -0.3 is 33.7 Å². The van der Waals surface area contributed by atoms with Crippen LogP contribution in [0.15, 0.2) is 90.2 Å². The van der Waals surface area contributed by atoms with E-state index in [9.17, 15) is 19.2 Å². The summed E-state index contributed by atoms with van der Waals surface area (Å²) in [7, 11) is 1.31. The van der Waals surface area contributed by atoms with Gasteiger partial charge in [0.25, 0.3) is 0 Å². The van der Waals surface area contributed by atoms with Crippen LogP contribution in [0.4, 0.5) is 10.6 Å². The maximum Gasteiger partial charge on any atom is 0.416 e. The van der Waals surface area contributed by atoms with Gasteiger partial charge in [-0.3, -0.25) is 19.3 Å². The topological polar surface area (TPSA) is 201 Å². The van der Waals surface area contributed by atoms with Gasteiger partial charge in [-0.15, -0.1) is 0 Å². The first-order valence-electron chi connectivity index (χ1n) is 21.1. The van der Waals surface area contributed by atoms with Crippen molar-refractivity contribution >= 4 is 40.3 Å². The Bertz CT molecular complexity index is 2110. The highest BCUT2D eigenvalue weighted by Crippen LogP contribution is 2.32. The molecule has 1 aromatic heterocycles. The van der Waals surface area contributed by atoms with E-state index in [2.05, 4.69) is 44.6 Å².